The van der Waals surface area contributed by atoms with Gasteiger partial charge < -0.3 is 9.16 Å². The van der Waals surface area contributed by atoms with Crippen molar-refractivity contribution in [2.75, 3.05) is 6.61 Å². The third-order valence-corrected chi connectivity index (χ3v) is 2.48. The molecule has 0 aliphatic rings. The van der Waals surface area contributed by atoms with Gasteiger partial charge in [-0.2, -0.15) is 0 Å². The molecule has 0 aliphatic carbocycles. The second kappa shape index (κ2) is 5.98. The fourth-order valence-corrected chi connectivity index (χ4v) is 2.08. The summed E-state index contributed by atoms with van der Waals surface area (Å²) < 4.78 is 10.5. The van der Waals surface area contributed by atoms with E-state index in [-0.39, 0.29) is 5.97 Å². The molecule has 0 aromatic heterocycles. The molecular weight excluding hydrogens is 196 g/mol. The Balaban J connectivity index is 3.88. The first-order valence-electron chi connectivity index (χ1n) is 4.82. The molecule has 0 radical (unpaired) electrons. The van der Waals surface area contributed by atoms with E-state index in [1.165, 1.54) is 0 Å². The van der Waals surface area contributed by atoms with Crippen molar-refractivity contribution in [3.8, 4) is 0 Å². The van der Waals surface area contributed by atoms with Crippen molar-refractivity contribution >= 4 is 14.3 Å². The minimum atomic E-state index is -1.65. The summed E-state index contributed by atoms with van der Waals surface area (Å²) in [5, 5.41) is 0. The molecule has 82 valence electrons. The lowest BCUT2D eigenvalue weighted by Crippen LogP contribution is -2.35. The molecule has 1 atom stereocenters. The van der Waals surface area contributed by atoms with Crippen LogP contribution in [0.15, 0.2) is 12.2 Å². The Labute approximate surface area is 87.2 Å². The number of ether oxygens (including phenoxy) is 1. The lowest BCUT2D eigenvalue weighted by Gasteiger charge is -2.21. The number of carbonyl (C=O) groups is 1. The minimum absolute atomic E-state index is 0.287. The van der Waals surface area contributed by atoms with Crippen molar-refractivity contribution < 1.29 is 14.0 Å². The smallest absolute Gasteiger partial charge is 0.334 e. The van der Waals surface area contributed by atoms with Gasteiger partial charge in [-0.05, 0) is 33.5 Å². The number of esters is 1. The van der Waals surface area contributed by atoms with Gasteiger partial charge in [0, 0.05) is 0 Å². The van der Waals surface area contributed by atoms with Crippen molar-refractivity contribution in [2.45, 2.75) is 39.6 Å². The van der Waals surface area contributed by atoms with Gasteiger partial charge >= 0.3 is 5.97 Å². The normalized spacial score (nSPS) is 14.4. The van der Waals surface area contributed by atoms with Gasteiger partial charge in [0.2, 0.25) is 0 Å². The molecule has 0 heterocycles. The molecule has 14 heavy (non-hydrogen) atoms. The van der Waals surface area contributed by atoms with Gasteiger partial charge in [0.15, 0.2) is 8.32 Å². The highest BCUT2D eigenvalue weighted by Gasteiger charge is 2.23. The van der Waals surface area contributed by atoms with Crippen LogP contribution in [0.4, 0.5) is 0 Å². The molecule has 0 saturated carbocycles. The molecule has 0 fully saturated rings. The van der Waals surface area contributed by atoms with Crippen molar-refractivity contribution in [1.29, 1.82) is 0 Å². The van der Waals surface area contributed by atoms with Gasteiger partial charge in [-0.3, -0.25) is 0 Å². The summed E-state index contributed by atoms with van der Waals surface area (Å²) in [7, 11) is -1.65. The van der Waals surface area contributed by atoms with Crippen LogP contribution in [-0.2, 0) is 14.0 Å². The Bertz CT molecular complexity index is 206. The van der Waals surface area contributed by atoms with Crippen LogP contribution in [0.2, 0.25) is 19.6 Å². The molecule has 0 aromatic carbocycles. The fraction of sp³-hybridized carbons (Fsp3) is 0.700. The van der Waals surface area contributed by atoms with Gasteiger partial charge in [0.25, 0.3) is 0 Å². The predicted octanol–water partition coefficient (Wildman–Crippen LogP) is 2.35. The molecule has 4 heteroatoms. The van der Waals surface area contributed by atoms with E-state index < -0.39 is 14.4 Å². The van der Waals surface area contributed by atoms with Gasteiger partial charge in [-0.25, -0.2) is 4.79 Å². The Morgan fingerprint density at radius 2 is 2.00 bits per heavy atom. The first-order valence-corrected chi connectivity index (χ1v) is 8.23. The van der Waals surface area contributed by atoms with Crippen LogP contribution in [0.3, 0.4) is 0 Å². The van der Waals surface area contributed by atoms with Gasteiger partial charge in [0.1, 0.15) is 12.7 Å². The highest BCUT2D eigenvalue weighted by atomic mass is 28.4. The van der Waals surface area contributed by atoms with E-state index in [1.807, 2.05) is 32.6 Å². The maximum atomic E-state index is 11.3. The summed E-state index contributed by atoms with van der Waals surface area (Å²) >= 11 is 0. The van der Waals surface area contributed by atoms with Crippen LogP contribution in [0.1, 0.15) is 13.8 Å². The topological polar surface area (TPSA) is 35.5 Å². The first-order chi connectivity index (χ1) is 6.37. The molecule has 0 spiro atoms. The fourth-order valence-electron chi connectivity index (χ4n) is 0.922. The highest BCUT2D eigenvalue weighted by Crippen LogP contribution is 2.08. The molecular formula is C10H20O3Si. The SMILES string of the molecule is C/C=C/COC(=O)C(C)O[Si](C)(C)C. The zero-order chi connectivity index (χ0) is 11.2. The van der Waals surface area contributed by atoms with Crippen LogP contribution >= 0.6 is 0 Å². The number of hydrogen-bond acceptors (Lipinski definition) is 3. The van der Waals surface area contributed by atoms with Crippen LogP contribution < -0.4 is 0 Å². The molecule has 3 nitrogen and oxygen atoms in total. The number of rotatable bonds is 5. The van der Waals surface area contributed by atoms with Crippen LogP contribution in [0.5, 0.6) is 0 Å². The van der Waals surface area contributed by atoms with Crippen molar-refractivity contribution in [3.63, 3.8) is 0 Å². The second-order valence-corrected chi connectivity index (χ2v) is 8.53. The number of allylic oxidation sites excluding steroid dienone is 1. The molecule has 0 bridgehead atoms. The Hall–Kier alpha value is -0.613. The summed E-state index contributed by atoms with van der Waals surface area (Å²) in [5.74, 6) is -0.287. The summed E-state index contributed by atoms with van der Waals surface area (Å²) in [6, 6.07) is 0. The van der Waals surface area contributed by atoms with Gasteiger partial charge in [-0.15, -0.1) is 0 Å². The van der Waals surface area contributed by atoms with Crippen molar-refractivity contribution in [2.24, 2.45) is 0 Å². The standard InChI is InChI=1S/C10H20O3Si/c1-6-7-8-12-10(11)9(2)13-14(3,4)5/h6-7,9H,8H2,1-5H3/b7-6+. The molecule has 0 rings (SSSR count). The summed E-state index contributed by atoms with van der Waals surface area (Å²) in [5.41, 5.74) is 0. The Kier molecular flexibility index (Phi) is 5.72. The van der Waals surface area contributed by atoms with E-state index in [0.29, 0.717) is 6.61 Å². The van der Waals surface area contributed by atoms with Crippen LogP contribution in [0, 0.1) is 0 Å². The Morgan fingerprint density at radius 1 is 1.43 bits per heavy atom. The summed E-state index contributed by atoms with van der Waals surface area (Å²) in [6.07, 6.45) is 3.18. The van der Waals surface area contributed by atoms with Crippen molar-refractivity contribution in [3.05, 3.63) is 12.2 Å². The average Bonchev–Trinajstić information content (AvgIpc) is 2.01. The van der Waals surface area contributed by atoms with Gasteiger partial charge in [0.05, 0.1) is 0 Å². The van der Waals surface area contributed by atoms with E-state index in [9.17, 15) is 4.79 Å². The van der Waals surface area contributed by atoms with E-state index in [0.717, 1.165) is 0 Å². The maximum absolute atomic E-state index is 11.3. The molecule has 1 unspecified atom stereocenters. The lowest BCUT2D eigenvalue weighted by molar-refractivity contribution is -0.150. The van der Waals surface area contributed by atoms with E-state index >= 15 is 0 Å². The van der Waals surface area contributed by atoms with E-state index in [2.05, 4.69) is 0 Å². The average molecular weight is 216 g/mol. The van der Waals surface area contributed by atoms with Crippen LogP contribution in [-0.4, -0.2) is 27.0 Å². The third kappa shape index (κ3) is 6.86. The maximum Gasteiger partial charge on any atom is 0.334 e. The monoisotopic (exact) mass is 216 g/mol. The largest absolute Gasteiger partial charge is 0.460 e. The number of carbonyl (C=O) groups excluding carboxylic acids is 1. The zero-order valence-corrected chi connectivity index (χ0v) is 10.7. The van der Waals surface area contributed by atoms with Gasteiger partial charge in [-0.1, -0.05) is 12.2 Å². The lowest BCUT2D eigenvalue weighted by atomic mass is 10.4. The number of hydrogen-bond donors (Lipinski definition) is 0. The molecule has 0 saturated heterocycles. The zero-order valence-electron chi connectivity index (χ0n) is 9.66. The molecule has 0 aliphatic heterocycles. The first kappa shape index (κ1) is 13.4. The van der Waals surface area contributed by atoms with E-state index in [4.69, 9.17) is 9.16 Å². The summed E-state index contributed by atoms with van der Waals surface area (Å²) in [6.45, 7) is 10.1. The van der Waals surface area contributed by atoms with E-state index in [1.54, 1.807) is 13.0 Å². The predicted molar refractivity (Wildman–Crippen MR) is 59.7 cm³/mol. The summed E-state index contributed by atoms with van der Waals surface area (Å²) in [4.78, 5) is 11.3. The third-order valence-electron chi connectivity index (χ3n) is 1.42. The minimum Gasteiger partial charge on any atom is -0.460 e. The van der Waals surface area contributed by atoms with Crippen LogP contribution in [0.25, 0.3) is 0 Å². The molecule has 0 aromatic rings. The highest BCUT2D eigenvalue weighted by molar-refractivity contribution is 6.69. The quantitative estimate of drug-likeness (QED) is 0.402. The Morgan fingerprint density at radius 3 is 2.43 bits per heavy atom. The van der Waals surface area contributed by atoms with Crippen molar-refractivity contribution in [1.82, 2.24) is 0 Å². The second-order valence-electron chi connectivity index (χ2n) is 4.07. The molecule has 0 amide bonds. The molecule has 0 N–H and O–H groups in total.